The molecule has 1 N–H and O–H groups in total. The van der Waals surface area contributed by atoms with E-state index in [1.165, 1.54) is 29.7 Å². The molecule has 0 spiro atoms. The molecule has 2 rings (SSSR count). The predicted molar refractivity (Wildman–Crippen MR) is 74.1 cm³/mol. The number of hydrogen-bond donors (Lipinski definition) is 1. The van der Waals surface area contributed by atoms with Gasteiger partial charge in [-0.1, -0.05) is 0 Å². The van der Waals surface area contributed by atoms with Crippen LogP contribution in [0.2, 0.25) is 0 Å². The lowest BCUT2D eigenvalue weighted by atomic mass is 10.2. The van der Waals surface area contributed by atoms with Crippen molar-refractivity contribution in [1.29, 1.82) is 0 Å². The topological polar surface area (TPSA) is 84.3 Å². The van der Waals surface area contributed by atoms with E-state index in [1.54, 1.807) is 5.38 Å². The number of hydrogen-bond acceptors (Lipinski definition) is 5. The Kier molecular flexibility index (Phi) is 4.02. The third-order valence-electron chi connectivity index (χ3n) is 2.32. The molecule has 5 nitrogen and oxygen atoms in total. The number of benzene rings is 1. The van der Waals surface area contributed by atoms with Crippen LogP contribution in [0.15, 0.2) is 39.1 Å². The first kappa shape index (κ1) is 14.2. The van der Waals surface area contributed by atoms with E-state index in [-0.39, 0.29) is 16.2 Å². The fourth-order valence-electron chi connectivity index (χ4n) is 1.43. The monoisotopic (exact) mass is 361 g/mol. The Hall–Kier alpha value is -1.25. The molecule has 19 heavy (non-hydrogen) atoms. The zero-order valence-electron chi connectivity index (χ0n) is 9.41. The van der Waals surface area contributed by atoms with Crippen LogP contribution >= 0.6 is 27.3 Å². The van der Waals surface area contributed by atoms with Gasteiger partial charge in [0.1, 0.15) is 10.8 Å². The first-order valence-corrected chi connectivity index (χ1v) is 8.36. The van der Waals surface area contributed by atoms with Crippen molar-refractivity contribution in [2.24, 2.45) is 0 Å². The first-order valence-electron chi connectivity index (χ1n) is 5.04. The summed E-state index contributed by atoms with van der Waals surface area (Å²) in [6, 6.07) is 3.94. The van der Waals surface area contributed by atoms with Gasteiger partial charge in [0.25, 0.3) is 0 Å². The predicted octanol–water partition coefficient (Wildman–Crippen LogP) is 2.58. The van der Waals surface area contributed by atoms with E-state index in [4.69, 9.17) is 5.11 Å². The summed E-state index contributed by atoms with van der Waals surface area (Å²) < 4.78 is 24.6. The number of thiazole rings is 1. The molecule has 0 bridgehead atoms. The molecule has 0 radical (unpaired) electrons. The van der Waals surface area contributed by atoms with Crippen LogP contribution in [0.25, 0.3) is 0 Å². The number of aromatic carboxylic acids is 1. The number of carboxylic acid groups (broad SMARTS) is 1. The highest BCUT2D eigenvalue weighted by molar-refractivity contribution is 9.10. The van der Waals surface area contributed by atoms with Gasteiger partial charge >= 0.3 is 5.97 Å². The summed E-state index contributed by atoms with van der Waals surface area (Å²) in [6.07, 6.45) is 1.53. The van der Waals surface area contributed by atoms with Crippen LogP contribution < -0.4 is 0 Å². The van der Waals surface area contributed by atoms with E-state index in [9.17, 15) is 13.2 Å². The molecule has 0 unspecified atom stereocenters. The molecule has 0 fully saturated rings. The minimum absolute atomic E-state index is 0.0247. The Labute approximate surface area is 122 Å². The Morgan fingerprint density at radius 3 is 2.74 bits per heavy atom. The lowest BCUT2D eigenvalue weighted by molar-refractivity contribution is 0.0695. The molecule has 0 saturated carbocycles. The molecule has 1 aromatic carbocycles. The summed E-state index contributed by atoms with van der Waals surface area (Å²) in [6.45, 7) is 0. The normalized spacial score (nSPS) is 11.4. The van der Waals surface area contributed by atoms with E-state index in [1.807, 2.05) is 0 Å². The van der Waals surface area contributed by atoms with Gasteiger partial charge in [0.05, 0.1) is 10.5 Å². The highest BCUT2D eigenvalue weighted by Gasteiger charge is 2.20. The molecule has 0 saturated heterocycles. The molecule has 1 heterocycles. The zero-order valence-corrected chi connectivity index (χ0v) is 12.6. The number of carboxylic acids is 1. The second kappa shape index (κ2) is 5.40. The summed E-state index contributed by atoms with van der Waals surface area (Å²) in [4.78, 5) is 14.9. The van der Waals surface area contributed by atoms with Crippen molar-refractivity contribution in [2.75, 3.05) is 0 Å². The number of aromatic nitrogens is 1. The van der Waals surface area contributed by atoms with E-state index < -0.39 is 15.8 Å². The third kappa shape index (κ3) is 3.20. The van der Waals surface area contributed by atoms with Crippen LogP contribution in [-0.2, 0) is 15.6 Å². The number of carbonyl (C=O) groups is 1. The van der Waals surface area contributed by atoms with Crippen LogP contribution in [0.3, 0.4) is 0 Å². The maximum atomic E-state index is 12.1. The molecule has 8 heteroatoms. The van der Waals surface area contributed by atoms with Gasteiger partial charge in [0.15, 0.2) is 9.84 Å². The van der Waals surface area contributed by atoms with Crippen LogP contribution in [0.5, 0.6) is 0 Å². The summed E-state index contributed by atoms with van der Waals surface area (Å²) in [5.74, 6) is -1.41. The fraction of sp³-hybridized carbons (Fsp3) is 0.0909. The number of rotatable bonds is 4. The molecular formula is C11H8BrNO4S2. The van der Waals surface area contributed by atoms with E-state index in [2.05, 4.69) is 20.9 Å². The number of halogens is 1. The molecule has 0 amide bonds. The van der Waals surface area contributed by atoms with Crippen molar-refractivity contribution in [3.63, 3.8) is 0 Å². The van der Waals surface area contributed by atoms with Crippen molar-refractivity contribution in [3.05, 3.63) is 44.8 Å². The maximum Gasteiger partial charge on any atom is 0.336 e. The van der Waals surface area contributed by atoms with Gasteiger partial charge in [-0.3, -0.25) is 0 Å². The van der Waals surface area contributed by atoms with Crippen LogP contribution in [-0.4, -0.2) is 24.5 Å². The lowest BCUT2D eigenvalue weighted by Crippen LogP contribution is -2.07. The molecule has 0 aliphatic carbocycles. The third-order valence-corrected chi connectivity index (χ3v) is 5.60. The van der Waals surface area contributed by atoms with Crippen molar-refractivity contribution in [3.8, 4) is 0 Å². The second-order valence-electron chi connectivity index (χ2n) is 3.63. The summed E-state index contributed by atoms with van der Waals surface area (Å²) in [7, 11) is -3.59. The van der Waals surface area contributed by atoms with Crippen molar-refractivity contribution in [2.45, 2.75) is 10.6 Å². The number of sulfone groups is 1. The van der Waals surface area contributed by atoms with Gasteiger partial charge in [-0.05, 0) is 34.1 Å². The molecule has 2 aromatic rings. The van der Waals surface area contributed by atoms with Crippen molar-refractivity contribution < 1.29 is 18.3 Å². The molecule has 1 aromatic heterocycles. The molecule has 0 atom stereocenters. The van der Waals surface area contributed by atoms with Gasteiger partial charge < -0.3 is 5.11 Å². The summed E-state index contributed by atoms with van der Waals surface area (Å²) >= 11 is 4.31. The fourth-order valence-corrected chi connectivity index (χ4v) is 4.13. The van der Waals surface area contributed by atoms with Crippen molar-refractivity contribution >= 4 is 43.1 Å². The minimum Gasteiger partial charge on any atom is -0.478 e. The maximum absolute atomic E-state index is 12.1. The Morgan fingerprint density at radius 2 is 2.16 bits per heavy atom. The van der Waals surface area contributed by atoms with E-state index >= 15 is 0 Å². The van der Waals surface area contributed by atoms with Gasteiger partial charge in [0.2, 0.25) is 0 Å². The SMILES string of the molecule is O=C(O)c1cc(S(=O)(=O)Cc2nccs2)ccc1Br. The van der Waals surface area contributed by atoms with Crippen LogP contribution in [0.4, 0.5) is 0 Å². The van der Waals surface area contributed by atoms with E-state index in [0.29, 0.717) is 9.48 Å². The van der Waals surface area contributed by atoms with Gasteiger partial charge in [-0.25, -0.2) is 18.2 Å². The molecular weight excluding hydrogens is 354 g/mol. The smallest absolute Gasteiger partial charge is 0.336 e. The number of nitrogens with zero attached hydrogens (tertiary/aromatic N) is 1. The van der Waals surface area contributed by atoms with E-state index in [0.717, 1.165) is 6.07 Å². The van der Waals surface area contributed by atoms with Crippen LogP contribution in [0.1, 0.15) is 15.4 Å². The average Bonchev–Trinajstić information content (AvgIpc) is 2.80. The van der Waals surface area contributed by atoms with Gasteiger partial charge in [-0.15, -0.1) is 11.3 Å². The first-order chi connectivity index (χ1) is 8.90. The lowest BCUT2D eigenvalue weighted by Gasteiger charge is -2.05. The standard InChI is InChI=1S/C11H8BrNO4S2/c12-9-2-1-7(5-8(9)11(14)15)19(16,17)6-10-13-3-4-18-10/h1-5H,6H2,(H,14,15). The average molecular weight is 362 g/mol. The summed E-state index contributed by atoms with van der Waals surface area (Å²) in [5.41, 5.74) is -0.0831. The second-order valence-corrected chi connectivity index (χ2v) is 7.45. The van der Waals surface area contributed by atoms with Crippen molar-refractivity contribution in [1.82, 2.24) is 4.98 Å². The van der Waals surface area contributed by atoms with Gasteiger partial charge in [-0.2, -0.15) is 0 Å². The highest BCUT2D eigenvalue weighted by Crippen LogP contribution is 2.24. The Bertz CT molecular complexity index is 710. The quantitative estimate of drug-likeness (QED) is 0.904. The van der Waals surface area contributed by atoms with Crippen LogP contribution in [0, 0.1) is 0 Å². The largest absolute Gasteiger partial charge is 0.478 e. The minimum atomic E-state index is -3.59. The van der Waals surface area contributed by atoms with Gasteiger partial charge in [0, 0.05) is 16.0 Å². The molecule has 0 aliphatic rings. The summed E-state index contributed by atoms with van der Waals surface area (Å²) in [5, 5.41) is 11.1. The highest BCUT2D eigenvalue weighted by atomic mass is 79.9. The zero-order chi connectivity index (χ0) is 14.0. The Balaban J connectivity index is 2.41. The molecule has 100 valence electrons. The Morgan fingerprint density at radius 1 is 1.42 bits per heavy atom. The molecule has 0 aliphatic heterocycles.